The summed E-state index contributed by atoms with van der Waals surface area (Å²) >= 11 is 0. The molecule has 0 saturated heterocycles. The van der Waals surface area contributed by atoms with Gasteiger partial charge in [0.15, 0.2) is 0 Å². The van der Waals surface area contributed by atoms with Crippen LogP contribution in [0.4, 0.5) is 0 Å². The van der Waals surface area contributed by atoms with Gasteiger partial charge in [0.25, 0.3) is 0 Å². The van der Waals surface area contributed by atoms with Crippen LogP contribution in [0, 0.1) is 5.92 Å². The molecule has 0 aromatic carbocycles. The lowest BCUT2D eigenvalue weighted by molar-refractivity contribution is 0.193. The molecule has 1 N–H and O–H groups in total. The maximum absolute atomic E-state index is 4.97. The molecule has 0 rings (SSSR count). The molecule has 0 aromatic rings. The van der Waals surface area contributed by atoms with Crippen molar-refractivity contribution in [3.63, 3.8) is 0 Å². The molecule has 0 aliphatic carbocycles. The average molecular weight is 202 g/mol. The second-order valence-corrected chi connectivity index (χ2v) is 4.25. The quantitative estimate of drug-likeness (QED) is 0.569. The second-order valence-electron chi connectivity index (χ2n) is 4.25. The van der Waals surface area contributed by atoms with Crippen molar-refractivity contribution in [2.75, 3.05) is 46.9 Å². The summed E-state index contributed by atoms with van der Waals surface area (Å²) in [6.07, 6.45) is 1.10. The van der Waals surface area contributed by atoms with E-state index in [4.69, 9.17) is 4.74 Å². The lowest BCUT2D eigenvalue weighted by Gasteiger charge is -2.18. The Morgan fingerprint density at radius 1 is 1.29 bits per heavy atom. The van der Waals surface area contributed by atoms with Crippen molar-refractivity contribution in [2.45, 2.75) is 20.3 Å². The maximum atomic E-state index is 4.97. The summed E-state index contributed by atoms with van der Waals surface area (Å²) in [7, 11) is 3.92. The molecule has 0 atom stereocenters. The van der Waals surface area contributed by atoms with E-state index in [9.17, 15) is 0 Å². The van der Waals surface area contributed by atoms with Gasteiger partial charge in [-0.1, -0.05) is 13.8 Å². The molecule has 0 aliphatic heterocycles. The zero-order valence-corrected chi connectivity index (χ0v) is 10.2. The highest BCUT2D eigenvalue weighted by Gasteiger charge is 2.00. The van der Waals surface area contributed by atoms with Crippen LogP contribution in [0.15, 0.2) is 0 Å². The number of ether oxygens (including phenoxy) is 1. The van der Waals surface area contributed by atoms with Crippen LogP contribution in [0.2, 0.25) is 0 Å². The summed E-state index contributed by atoms with van der Waals surface area (Å²) in [6.45, 7) is 9.81. The van der Waals surface area contributed by atoms with E-state index in [1.807, 2.05) is 0 Å². The van der Waals surface area contributed by atoms with Gasteiger partial charge in [0.2, 0.25) is 0 Å². The molecule has 0 spiro atoms. The molecule has 0 unspecified atom stereocenters. The van der Waals surface area contributed by atoms with Crippen molar-refractivity contribution in [1.82, 2.24) is 10.2 Å². The largest absolute Gasteiger partial charge is 0.385 e. The van der Waals surface area contributed by atoms with E-state index in [1.54, 1.807) is 7.11 Å². The Kier molecular flexibility index (Phi) is 9.35. The Morgan fingerprint density at radius 2 is 2.00 bits per heavy atom. The molecule has 0 radical (unpaired) electrons. The van der Waals surface area contributed by atoms with Gasteiger partial charge >= 0.3 is 0 Å². The molecular formula is C11H26N2O. The van der Waals surface area contributed by atoms with E-state index in [0.717, 1.165) is 38.6 Å². The Balaban J connectivity index is 3.10. The fourth-order valence-corrected chi connectivity index (χ4v) is 1.45. The maximum Gasteiger partial charge on any atom is 0.0474 e. The fourth-order valence-electron chi connectivity index (χ4n) is 1.45. The molecular weight excluding hydrogens is 176 g/mol. The van der Waals surface area contributed by atoms with Gasteiger partial charge in [-0.25, -0.2) is 0 Å². The number of methoxy groups -OCH3 is 1. The van der Waals surface area contributed by atoms with Crippen molar-refractivity contribution in [1.29, 1.82) is 0 Å². The standard InChI is InChI=1S/C11H26N2O/c1-11(2)10-13(3)8-7-12-6-5-9-14-4/h11-12H,5-10H2,1-4H3. The average Bonchev–Trinajstić information content (AvgIpc) is 2.10. The minimum atomic E-state index is 0.758. The van der Waals surface area contributed by atoms with Crippen LogP contribution >= 0.6 is 0 Å². The second kappa shape index (κ2) is 9.44. The van der Waals surface area contributed by atoms with Crippen molar-refractivity contribution in [2.24, 2.45) is 5.92 Å². The van der Waals surface area contributed by atoms with E-state index in [0.29, 0.717) is 0 Å². The molecule has 86 valence electrons. The van der Waals surface area contributed by atoms with Crippen LogP contribution in [0.3, 0.4) is 0 Å². The molecule has 0 saturated carbocycles. The molecule has 0 fully saturated rings. The third kappa shape index (κ3) is 9.96. The summed E-state index contributed by atoms with van der Waals surface area (Å²) in [5.74, 6) is 0.758. The first kappa shape index (κ1) is 13.9. The normalized spacial score (nSPS) is 11.6. The van der Waals surface area contributed by atoms with Crippen LogP contribution < -0.4 is 5.32 Å². The Bertz CT molecular complexity index is 118. The lowest BCUT2D eigenvalue weighted by Crippen LogP contribution is -2.32. The van der Waals surface area contributed by atoms with Gasteiger partial charge in [-0.2, -0.15) is 0 Å². The Morgan fingerprint density at radius 3 is 2.57 bits per heavy atom. The number of nitrogens with one attached hydrogen (secondary N) is 1. The third-order valence-electron chi connectivity index (χ3n) is 2.05. The van der Waals surface area contributed by atoms with Crippen LogP contribution in [0.5, 0.6) is 0 Å². The molecule has 0 aromatic heterocycles. The first-order chi connectivity index (χ1) is 6.66. The summed E-state index contributed by atoms with van der Waals surface area (Å²) < 4.78 is 4.97. The molecule has 0 amide bonds. The predicted octanol–water partition coefficient (Wildman–Crippen LogP) is 1.20. The monoisotopic (exact) mass is 202 g/mol. The zero-order chi connectivity index (χ0) is 10.8. The molecule has 0 aliphatic rings. The van der Waals surface area contributed by atoms with E-state index >= 15 is 0 Å². The topological polar surface area (TPSA) is 24.5 Å². The minimum absolute atomic E-state index is 0.758. The third-order valence-corrected chi connectivity index (χ3v) is 2.05. The number of hydrogen-bond acceptors (Lipinski definition) is 3. The fraction of sp³-hybridized carbons (Fsp3) is 1.00. The predicted molar refractivity (Wildman–Crippen MR) is 61.7 cm³/mol. The van der Waals surface area contributed by atoms with E-state index in [1.165, 1.54) is 6.54 Å². The van der Waals surface area contributed by atoms with E-state index < -0.39 is 0 Å². The summed E-state index contributed by atoms with van der Waals surface area (Å²) in [5, 5.41) is 3.40. The molecule has 0 heterocycles. The van der Waals surface area contributed by atoms with Crippen molar-refractivity contribution in [3.05, 3.63) is 0 Å². The van der Waals surface area contributed by atoms with E-state index in [-0.39, 0.29) is 0 Å². The van der Waals surface area contributed by atoms with Gasteiger partial charge in [0, 0.05) is 33.4 Å². The highest BCUT2D eigenvalue weighted by molar-refractivity contribution is 4.57. The molecule has 3 heteroatoms. The molecule has 14 heavy (non-hydrogen) atoms. The highest BCUT2D eigenvalue weighted by atomic mass is 16.5. The van der Waals surface area contributed by atoms with Crippen molar-refractivity contribution >= 4 is 0 Å². The SMILES string of the molecule is COCCCNCCN(C)CC(C)C. The van der Waals surface area contributed by atoms with Gasteiger partial charge in [0.05, 0.1) is 0 Å². The summed E-state index contributed by atoms with van der Waals surface area (Å²) in [6, 6.07) is 0. The first-order valence-electron chi connectivity index (χ1n) is 5.55. The van der Waals surface area contributed by atoms with Crippen molar-refractivity contribution in [3.8, 4) is 0 Å². The van der Waals surface area contributed by atoms with Gasteiger partial charge < -0.3 is 15.0 Å². The smallest absolute Gasteiger partial charge is 0.0474 e. The van der Waals surface area contributed by atoms with Gasteiger partial charge in [-0.05, 0) is 25.9 Å². The molecule has 3 nitrogen and oxygen atoms in total. The minimum Gasteiger partial charge on any atom is -0.385 e. The number of hydrogen-bond donors (Lipinski definition) is 1. The van der Waals surface area contributed by atoms with Gasteiger partial charge in [0.1, 0.15) is 0 Å². The Hall–Kier alpha value is -0.120. The van der Waals surface area contributed by atoms with Crippen molar-refractivity contribution < 1.29 is 4.74 Å². The number of likely N-dealkylation sites (N-methyl/N-ethyl adjacent to an activating group) is 1. The zero-order valence-electron chi connectivity index (χ0n) is 10.2. The van der Waals surface area contributed by atoms with Crippen LogP contribution in [0.1, 0.15) is 20.3 Å². The van der Waals surface area contributed by atoms with Gasteiger partial charge in [-0.3, -0.25) is 0 Å². The van der Waals surface area contributed by atoms with Gasteiger partial charge in [-0.15, -0.1) is 0 Å². The number of rotatable bonds is 9. The Labute approximate surface area is 88.8 Å². The van der Waals surface area contributed by atoms with Crippen LogP contribution in [-0.2, 0) is 4.74 Å². The van der Waals surface area contributed by atoms with Crippen LogP contribution in [-0.4, -0.2) is 51.8 Å². The molecule has 0 bridgehead atoms. The summed E-state index contributed by atoms with van der Waals surface area (Å²) in [5.41, 5.74) is 0. The van der Waals surface area contributed by atoms with E-state index in [2.05, 4.69) is 31.1 Å². The summed E-state index contributed by atoms with van der Waals surface area (Å²) in [4.78, 5) is 2.37. The first-order valence-corrected chi connectivity index (χ1v) is 5.55. The lowest BCUT2D eigenvalue weighted by atomic mass is 10.2. The van der Waals surface area contributed by atoms with Crippen LogP contribution in [0.25, 0.3) is 0 Å². The number of nitrogens with zero attached hydrogens (tertiary/aromatic N) is 1. The highest BCUT2D eigenvalue weighted by Crippen LogP contribution is 1.94.